The number of hydrogen-bond acceptors (Lipinski definition) is 2. The molecule has 0 fully saturated rings. The maximum atomic E-state index is 6.07. The average molecular weight is 317 g/mol. The van der Waals surface area contributed by atoms with Crippen LogP contribution in [0.5, 0.6) is 5.75 Å². The number of ether oxygens (including phenoxy) is 1. The van der Waals surface area contributed by atoms with Crippen LogP contribution in [0.25, 0.3) is 0 Å². The Morgan fingerprint density at radius 2 is 1.74 bits per heavy atom. The maximum Gasteiger partial charge on any atom is 0.139 e. The van der Waals surface area contributed by atoms with Gasteiger partial charge >= 0.3 is 0 Å². The number of benzene rings is 2. The monoisotopic (exact) mass is 315 g/mol. The minimum absolute atomic E-state index is 0.308. The first kappa shape index (κ1) is 14.5. The first-order chi connectivity index (χ1) is 9.10. The zero-order valence-corrected chi connectivity index (χ0v) is 12.2. The van der Waals surface area contributed by atoms with E-state index in [1.165, 1.54) is 0 Å². The minimum atomic E-state index is -0.308. The van der Waals surface area contributed by atoms with Gasteiger partial charge in [-0.2, -0.15) is 0 Å². The third-order valence-corrected chi connectivity index (χ3v) is 3.36. The molecule has 0 saturated heterocycles. The summed E-state index contributed by atoms with van der Waals surface area (Å²) in [5.74, 6) is 0.543. The smallest absolute Gasteiger partial charge is 0.139 e. The molecule has 0 radical (unpaired) electrons. The van der Waals surface area contributed by atoms with Crippen molar-refractivity contribution in [1.82, 2.24) is 0 Å². The predicted molar refractivity (Wildman–Crippen MR) is 80.3 cm³/mol. The van der Waals surface area contributed by atoms with Gasteiger partial charge in [0.25, 0.3) is 0 Å². The normalized spacial score (nSPS) is 12.2. The first-order valence-electron chi connectivity index (χ1n) is 5.67. The highest BCUT2D eigenvalue weighted by Crippen LogP contribution is 2.31. The number of hydrogen-bond donors (Lipinski definition) is 1. The fourth-order valence-electron chi connectivity index (χ4n) is 1.68. The molecular formula is C14H12Cl3NO. The van der Waals surface area contributed by atoms with Crippen LogP contribution in [0, 0.1) is 0 Å². The van der Waals surface area contributed by atoms with E-state index >= 15 is 0 Å². The molecule has 0 aromatic heterocycles. The Morgan fingerprint density at radius 3 is 2.37 bits per heavy atom. The van der Waals surface area contributed by atoms with Crippen LogP contribution in [0.15, 0.2) is 42.5 Å². The van der Waals surface area contributed by atoms with E-state index in [4.69, 9.17) is 45.3 Å². The lowest BCUT2D eigenvalue weighted by Gasteiger charge is -2.19. The molecule has 0 saturated carbocycles. The molecule has 2 rings (SSSR count). The SMILES string of the molecule is NCC(Oc1ccc(Cl)cc1Cl)c1cccc(Cl)c1. The summed E-state index contributed by atoms with van der Waals surface area (Å²) < 4.78 is 5.82. The summed E-state index contributed by atoms with van der Waals surface area (Å²) in [6.45, 7) is 0.319. The Balaban J connectivity index is 2.24. The van der Waals surface area contributed by atoms with E-state index in [9.17, 15) is 0 Å². The van der Waals surface area contributed by atoms with Crippen LogP contribution in [0.4, 0.5) is 0 Å². The summed E-state index contributed by atoms with van der Waals surface area (Å²) in [6.07, 6.45) is -0.308. The molecule has 0 aliphatic rings. The lowest BCUT2D eigenvalue weighted by Crippen LogP contribution is -2.18. The second kappa shape index (κ2) is 6.49. The highest BCUT2D eigenvalue weighted by Gasteiger charge is 2.14. The number of nitrogens with two attached hydrogens (primary N) is 1. The summed E-state index contributed by atoms with van der Waals surface area (Å²) in [5.41, 5.74) is 6.65. The lowest BCUT2D eigenvalue weighted by molar-refractivity contribution is 0.214. The van der Waals surface area contributed by atoms with Crippen LogP contribution in [-0.2, 0) is 0 Å². The Labute approximate surface area is 127 Å². The Kier molecular flexibility index (Phi) is 4.94. The van der Waals surface area contributed by atoms with Crippen LogP contribution in [0.1, 0.15) is 11.7 Å². The molecule has 0 heterocycles. The van der Waals surface area contributed by atoms with E-state index < -0.39 is 0 Å². The first-order valence-corrected chi connectivity index (χ1v) is 6.81. The van der Waals surface area contributed by atoms with Crippen LogP contribution < -0.4 is 10.5 Å². The second-order valence-corrected chi connectivity index (χ2v) is 5.25. The van der Waals surface area contributed by atoms with E-state index in [0.717, 1.165) is 5.56 Å². The largest absolute Gasteiger partial charge is 0.483 e. The van der Waals surface area contributed by atoms with Crippen molar-refractivity contribution in [3.63, 3.8) is 0 Å². The summed E-state index contributed by atoms with van der Waals surface area (Å²) in [7, 11) is 0. The summed E-state index contributed by atoms with van der Waals surface area (Å²) in [6, 6.07) is 12.5. The van der Waals surface area contributed by atoms with Crippen molar-refractivity contribution >= 4 is 34.8 Å². The van der Waals surface area contributed by atoms with Gasteiger partial charge in [-0.25, -0.2) is 0 Å². The lowest BCUT2D eigenvalue weighted by atomic mass is 10.1. The molecule has 0 amide bonds. The van der Waals surface area contributed by atoms with Gasteiger partial charge in [0.05, 0.1) is 5.02 Å². The second-order valence-electron chi connectivity index (χ2n) is 3.97. The third-order valence-electron chi connectivity index (χ3n) is 2.60. The molecule has 1 atom stereocenters. The summed E-state index contributed by atoms with van der Waals surface area (Å²) >= 11 is 17.9. The van der Waals surface area contributed by atoms with Crippen molar-refractivity contribution < 1.29 is 4.74 Å². The summed E-state index contributed by atoms with van der Waals surface area (Å²) in [5, 5.41) is 1.65. The van der Waals surface area contributed by atoms with Crippen LogP contribution >= 0.6 is 34.8 Å². The van der Waals surface area contributed by atoms with Gasteiger partial charge in [0.15, 0.2) is 0 Å². The van der Waals surface area contributed by atoms with Crippen LogP contribution in [0.2, 0.25) is 15.1 Å². The highest BCUT2D eigenvalue weighted by atomic mass is 35.5. The number of halogens is 3. The fraction of sp³-hybridized carbons (Fsp3) is 0.143. The Hall–Kier alpha value is -0.930. The summed E-state index contributed by atoms with van der Waals surface area (Å²) in [4.78, 5) is 0. The minimum Gasteiger partial charge on any atom is -0.483 e. The van der Waals surface area contributed by atoms with Gasteiger partial charge in [-0.3, -0.25) is 0 Å². The average Bonchev–Trinajstić information content (AvgIpc) is 2.38. The van der Waals surface area contributed by atoms with E-state index in [1.54, 1.807) is 24.3 Å². The van der Waals surface area contributed by atoms with E-state index in [2.05, 4.69) is 0 Å². The molecule has 0 aliphatic heterocycles. The van der Waals surface area contributed by atoms with Crippen LogP contribution in [0.3, 0.4) is 0 Å². The molecule has 5 heteroatoms. The Bertz CT molecular complexity index is 574. The molecule has 100 valence electrons. The Morgan fingerprint density at radius 1 is 1.00 bits per heavy atom. The fourth-order valence-corrected chi connectivity index (χ4v) is 2.33. The quantitative estimate of drug-likeness (QED) is 0.885. The standard InChI is InChI=1S/C14H12Cl3NO/c15-10-3-1-2-9(6-10)14(8-18)19-13-5-4-11(16)7-12(13)17/h1-7,14H,8,18H2. The van der Waals surface area contributed by atoms with Crippen molar-refractivity contribution in [2.45, 2.75) is 6.10 Å². The molecule has 19 heavy (non-hydrogen) atoms. The van der Waals surface area contributed by atoms with Gasteiger partial charge in [0, 0.05) is 16.6 Å². The molecule has 0 spiro atoms. The van der Waals surface area contributed by atoms with Gasteiger partial charge in [0.2, 0.25) is 0 Å². The zero-order valence-electron chi connectivity index (χ0n) is 9.95. The van der Waals surface area contributed by atoms with Gasteiger partial charge in [0.1, 0.15) is 11.9 Å². The molecule has 0 aliphatic carbocycles. The molecule has 2 aromatic rings. The van der Waals surface area contributed by atoms with Crippen molar-refractivity contribution in [3.8, 4) is 5.75 Å². The molecule has 0 bridgehead atoms. The topological polar surface area (TPSA) is 35.2 Å². The third kappa shape index (κ3) is 3.77. The predicted octanol–water partition coefficient (Wildman–Crippen LogP) is 4.73. The van der Waals surface area contributed by atoms with E-state index in [1.807, 2.05) is 18.2 Å². The van der Waals surface area contributed by atoms with Crippen molar-refractivity contribution in [2.75, 3.05) is 6.54 Å². The van der Waals surface area contributed by atoms with E-state index in [-0.39, 0.29) is 6.10 Å². The molecule has 2 N–H and O–H groups in total. The van der Waals surface area contributed by atoms with Crippen molar-refractivity contribution in [2.24, 2.45) is 5.73 Å². The molecule has 2 aromatic carbocycles. The van der Waals surface area contributed by atoms with Gasteiger partial charge < -0.3 is 10.5 Å². The molecule has 2 nitrogen and oxygen atoms in total. The zero-order chi connectivity index (χ0) is 13.8. The van der Waals surface area contributed by atoms with E-state index in [0.29, 0.717) is 27.4 Å². The maximum absolute atomic E-state index is 6.07. The number of rotatable bonds is 4. The van der Waals surface area contributed by atoms with Crippen LogP contribution in [-0.4, -0.2) is 6.54 Å². The van der Waals surface area contributed by atoms with Crippen molar-refractivity contribution in [3.05, 3.63) is 63.1 Å². The molecular weight excluding hydrogens is 305 g/mol. The van der Waals surface area contributed by atoms with Gasteiger partial charge in [-0.05, 0) is 35.9 Å². The van der Waals surface area contributed by atoms with Gasteiger partial charge in [-0.15, -0.1) is 0 Å². The van der Waals surface area contributed by atoms with Gasteiger partial charge in [-0.1, -0.05) is 46.9 Å². The highest BCUT2D eigenvalue weighted by molar-refractivity contribution is 6.35. The van der Waals surface area contributed by atoms with Crippen molar-refractivity contribution in [1.29, 1.82) is 0 Å². The molecule has 1 unspecified atom stereocenters.